The second kappa shape index (κ2) is 10.9. The Labute approximate surface area is 236 Å². The van der Waals surface area contributed by atoms with E-state index in [2.05, 4.69) is 38.7 Å². The summed E-state index contributed by atoms with van der Waals surface area (Å²) in [5, 5.41) is 20.2. The van der Waals surface area contributed by atoms with Crippen LogP contribution in [0.25, 0.3) is 16.8 Å². The second-order valence-corrected chi connectivity index (χ2v) is 11.3. The first-order valence-corrected chi connectivity index (χ1v) is 13.5. The minimum Gasteiger partial charge on any atom is -0.352 e. The summed E-state index contributed by atoms with van der Waals surface area (Å²) in [5.41, 5.74) is 7.82. The number of fused-ring (bicyclic) bond motifs is 1. The average molecular weight is 559 g/mol. The lowest BCUT2D eigenvalue weighted by Gasteiger charge is -2.39. The van der Waals surface area contributed by atoms with E-state index < -0.39 is 17.0 Å². The Bertz CT molecular complexity index is 1620. The van der Waals surface area contributed by atoms with Gasteiger partial charge >= 0.3 is 0 Å². The van der Waals surface area contributed by atoms with Gasteiger partial charge in [0.05, 0.1) is 46.3 Å². The van der Waals surface area contributed by atoms with E-state index in [4.69, 9.17) is 5.73 Å². The van der Waals surface area contributed by atoms with Gasteiger partial charge in [-0.1, -0.05) is 6.92 Å². The van der Waals surface area contributed by atoms with Crippen LogP contribution in [0.5, 0.6) is 0 Å². The van der Waals surface area contributed by atoms with Crippen molar-refractivity contribution in [3.05, 3.63) is 71.7 Å². The molecule has 0 unspecified atom stereocenters. The van der Waals surface area contributed by atoms with Crippen molar-refractivity contribution in [1.29, 1.82) is 5.26 Å². The molecule has 0 radical (unpaired) electrons. The number of aromatic nitrogens is 4. The number of hydrogen-bond acceptors (Lipinski definition) is 7. The van der Waals surface area contributed by atoms with Crippen LogP contribution in [0.3, 0.4) is 0 Å². The molecule has 5 rings (SSSR count). The molecule has 0 aliphatic heterocycles. The predicted octanol–water partition coefficient (Wildman–Crippen LogP) is 4.96. The normalized spacial score (nSPS) is 20.9. The van der Waals surface area contributed by atoms with E-state index in [1.54, 1.807) is 38.5 Å². The molecule has 1 aromatic carbocycles. The van der Waals surface area contributed by atoms with Crippen molar-refractivity contribution in [3.63, 3.8) is 0 Å². The molecule has 3 heterocycles. The van der Waals surface area contributed by atoms with Gasteiger partial charge in [0, 0.05) is 25.2 Å². The topological polar surface area (TPSA) is 134 Å². The number of nitrogens with one attached hydrogen (secondary N) is 2. The molecule has 212 valence electrons. The lowest BCUT2D eigenvalue weighted by atomic mass is 9.73. The number of benzene rings is 1. The zero-order valence-corrected chi connectivity index (χ0v) is 23.3. The molecule has 1 aliphatic rings. The van der Waals surface area contributed by atoms with E-state index in [1.165, 1.54) is 29.6 Å². The summed E-state index contributed by atoms with van der Waals surface area (Å²) in [5.74, 6) is -1.07. The van der Waals surface area contributed by atoms with Gasteiger partial charge in [-0.05, 0) is 80.0 Å². The third-order valence-electron chi connectivity index (χ3n) is 7.88. The highest BCUT2D eigenvalue weighted by Gasteiger charge is 2.35. The number of carbonyl (C=O) groups is 1. The maximum Gasteiger partial charge on any atom is 0.229 e. The van der Waals surface area contributed by atoms with E-state index >= 15 is 8.78 Å². The fourth-order valence-electron chi connectivity index (χ4n) is 5.66. The van der Waals surface area contributed by atoms with Crippen molar-refractivity contribution < 1.29 is 13.6 Å². The predicted molar refractivity (Wildman–Crippen MR) is 151 cm³/mol. The fraction of sp³-hybridized carbons (Fsp3) is 0.367. The van der Waals surface area contributed by atoms with Crippen molar-refractivity contribution in [2.24, 2.45) is 11.7 Å². The number of hydrogen-bond donors (Lipinski definition) is 3. The first-order chi connectivity index (χ1) is 19.5. The Morgan fingerprint density at radius 3 is 2.56 bits per heavy atom. The van der Waals surface area contributed by atoms with Gasteiger partial charge in [-0.3, -0.25) is 9.78 Å². The molecule has 1 aliphatic carbocycles. The van der Waals surface area contributed by atoms with Crippen molar-refractivity contribution in [1.82, 2.24) is 24.9 Å². The number of amides is 1. The van der Waals surface area contributed by atoms with Gasteiger partial charge in [0.2, 0.25) is 11.9 Å². The lowest BCUT2D eigenvalue weighted by molar-refractivity contribution is -0.120. The average Bonchev–Trinajstić information content (AvgIpc) is 3.32. The highest BCUT2D eigenvalue weighted by Crippen LogP contribution is 2.39. The highest BCUT2D eigenvalue weighted by molar-refractivity contribution is 5.73. The van der Waals surface area contributed by atoms with E-state index in [0.29, 0.717) is 17.9 Å². The smallest absolute Gasteiger partial charge is 0.229 e. The summed E-state index contributed by atoms with van der Waals surface area (Å²) >= 11 is 0. The first kappa shape index (κ1) is 28.1. The molecule has 4 aromatic rings. The molecule has 0 saturated heterocycles. The minimum absolute atomic E-state index is 0.0809. The first-order valence-electron chi connectivity index (χ1n) is 13.5. The molecular weight excluding hydrogens is 526 g/mol. The fourth-order valence-corrected chi connectivity index (χ4v) is 5.66. The van der Waals surface area contributed by atoms with Crippen LogP contribution in [0, 0.1) is 28.9 Å². The summed E-state index contributed by atoms with van der Waals surface area (Å²) in [6, 6.07) is 9.27. The molecule has 41 heavy (non-hydrogen) atoms. The molecule has 1 amide bonds. The van der Waals surface area contributed by atoms with Gasteiger partial charge in [-0.2, -0.15) is 14.9 Å². The lowest BCUT2D eigenvalue weighted by Crippen LogP contribution is -2.54. The Hall–Kier alpha value is -4.43. The molecule has 4 N–H and O–H groups in total. The van der Waals surface area contributed by atoms with Crippen LogP contribution in [-0.2, 0) is 10.2 Å². The standard InChI is InChI=1S/C30H32F2N8O/c1-16-9-18(10-24(34)28(16)37-17(2)41)21-7-8-35-14-26(21)38-29-36-13-20-5-6-25(39-40(20)29)27-22(31)11-19(12-23(27)32)30(3,4)15-33/h5-8,11-14,16,18,24,28H,9-10,34H2,1-4H3,(H,36,38)(H,37,41)/t16-,18+,24+,28-/m0/s1. The van der Waals surface area contributed by atoms with Crippen LogP contribution in [0.4, 0.5) is 20.4 Å². The number of halogens is 2. The van der Waals surface area contributed by atoms with Gasteiger partial charge < -0.3 is 16.4 Å². The second-order valence-electron chi connectivity index (χ2n) is 11.3. The third-order valence-corrected chi connectivity index (χ3v) is 7.88. The Morgan fingerprint density at radius 1 is 1.17 bits per heavy atom. The summed E-state index contributed by atoms with van der Waals surface area (Å²) in [6.07, 6.45) is 6.52. The number of imidazole rings is 1. The van der Waals surface area contributed by atoms with E-state index in [1.807, 2.05) is 6.07 Å². The van der Waals surface area contributed by atoms with Gasteiger partial charge in [0.1, 0.15) is 11.6 Å². The molecular formula is C30H32F2N8O. The van der Waals surface area contributed by atoms with E-state index in [0.717, 1.165) is 17.7 Å². The van der Waals surface area contributed by atoms with E-state index in [-0.39, 0.29) is 46.6 Å². The number of pyridine rings is 1. The maximum atomic E-state index is 15.2. The zero-order chi connectivity index (χ0) is 29.5. The number of nitrogens with zero attached hydrogens (tertiary/aromatic N) is 5. The van der Waals surface area contributed by atoms with Gasteiger partial charge in [-0.25, -0.2) is 13.8 Å². The molecule has 3 aromatic heterocycles. The Balaban J connectivity index is 1.46. The summed E-state index contributed by atoms with van der Waals surface area (Å²) in [4.78, 5) is 20.4. The SMILES string of the molecule is CC(=O)N[C@@H]1[C@H](N)C[C@H](c2ccncc2Nc2ncc3ccc(-c4c(F)cc(C(C)(C)C#N)cc4F)nn23)C[C@@H]1C. The molecule has 11 heteroatoms. The molecule has 1 saturated carbocycles. The third kappa shape index (κ3) is 5.47. The van der Waals surface area contributed by atoms with Crippen LogP contribution in [-0.4, -0.2) is 37.6 Å². The number of rotatable bonds is 6. The Morgan fingerprint density at radius 2 is 1.90 bits per heavy atom. The van der Waals surface area contributed by atoms with Crippen molar-refractivity contribution in [2.75, 3.05) is 5.32 Å². The summed E-state index contributed by atoms with van der Waals surface area (Å²) in [7, 11) is 0. The molecule has 0 spiro atoms. The minimum atomic E-state index is -1.05. The maximum absolute atomic E-state index is 15.2. The van der Waals surface area contributed by atoms with Crippen LogP contribution in [0.15, 0.2) is 48.9 Å². The van der Waals surface area contributed by atoms with Crippen LogP contribution < -0.4 is 16.4 Å². The summed E-state index contributed by atoms with van der Waals surface area (Å²) < 4.78 is 31.9. The number of anilines is 2. The molecule has 9 nitrogen and oxygen atoms in total. The zero-order valence-electron chi connectivity index (χ0n) is 23.3. The molecule has 1 fully saturated rings. The van der Waals surface area contributed by atoms with E-state index in [9.17, 15) is 10.1 Å². The van der Waals surface area contributed by atoms with Crippen LogP contribution in [0.2, 0.25) is 0 Å². The van der Waals surface area contributed by atoms with Crippen molar-refractivity contribution >= 4 is 23.1 Å². The number of carbonyl (C=O) groups excluding carboxylic acids is 1. The van der Waals surface area contributed by atoms with Gasteiger partial charge in [0.25, 0.3) is 0 Å². The van der Waals surface area contributed by atoms with Crippen molar-refractivity contribution in [2.45, 2.75) is 64.0 Å². The molecule has 0 bridgehead atoms. The number of nitrogens with two attached hydrogens (primary N) is 1. The number of nitriles is 1. The summed E-state index contributed by atoms with van der Waals surface area (Å²) in [6.45, 7) is 6.78. The quantitative estimate of drug-likeness (QED) is 0.305. The van der Waals surface area contributed by atoms with Crippen molar-refractivity contribution in [3.8, 4) is 17.3 Å². The highest BCUT2D eigenvalue weighted by atomic mass is 19.1. The monoisotopic (exact) mass is 558 g/mol. The van der Waals surface area contributed by atoms with Crippen LogP contribution in [0.1, 0.15) is 57.6 Å². The Kier molecular flexibility index (Phi) is 7.44. The van der Waals surface area contributed by atoms with Gasteiger partial charge in [0.15, 0.2) is 0 Å². The largest absolute Gasteiger partial charge is 0.352 e. The van der Waals surface area contributed by atoms with Crippen LogP contribution >= 0.6 is 0 Å². The van der Waals surface area contributed by atoms with Gasteiger partial charge in [-0.15, -0.1) is 0 Å². The molecule has 4 atom stereocenters.